The normalized spacial score (nSPS) is 36.0. The highest BCUT2D eigenvalue weighted by Crippen LogP contribution is 2.34. The third-order valence-corrected chi connectivity index (χ3v) is 5.93. The third-order valence-electron chi connectivity index (χ3n) is 5.18. The van der Waals surface area contributed by atoms with Gasteiger partial charge in [-0.2, -0.15) is 0 Å². The van der Waals surface area contributed by atoms with E-state index < -0.39 is 6.17 Å². The van der Waals surface area contributed by atoms with Gasteiger partial charge in [-0.3, -0.25) is 0 Å². The van der Waals surface area contributed by atoms with Crippen molar-refractivity contribution in [3.05, 3.63) is 0 Å². The van der Waals surface area contributed by atoms with Crippen molar-refractivity contribution >= 4 is 9.24 Å². The van der Waals surface area contributed by atoms with E-state index in [9.17, 15) is 4.39 Å². The minimum atomic E-state index is -0.558. The Morgan fingerprint density at radius 3 is 1.94 bits per heavy atom. The summed E-state index contributed by atoms with van der Waals surface area (Å²) in [4.78, 5) is 0. The Bertz CT molecular complexity index is 211. The topological polar surface area (TPSA) is 0 Å². The van der Waals surface area contributed by atoms with Crippen LogP contribution in [0.25, 0.3) is 0 Å². The molecule has 0 bridgehead atoms. The Kier molecular flexibility index (Phi) is 6.42. The Morgan fingerprint density at radius 2 is 1.28 bits per heavy atom. The first-order chi connectivity index (χ1) is 8.75. The molecule has 0 aromatic carbocycles. The van der Waals surface area contributed by atoms with Gasteiger partial charge in [-0.15, -0.1) is 9.24 Å². The molecular weight excluding hydrogens is 242 g/mol. The van der Waals surface area contributed by atoms with Gasteiger partial charge in [-0.1, -0.05) is 51.4 Å². The highest BCUT2D eigenvalue weighted by Gasteiger charge is 2.24. The van der Waals surface area contributed by atoms with E-state index in [4.69, 9.17) is 0 Å². The zero-order chi connectivity index (χ0) is 12.8. The Balaban J connectivity index is 1.69. The minimum absolute atomic E-state index is 0.230. The van der Waals surface area contributed by atoms with Crippen molar-refractivity contribution in [2.75, 3.05) is 0 Å². The van der Waals surface area contributed by atoms with Crippen LogP contribution in [0.2, 0.25) is 0 Å². The minimum Gasteiger partial charge on any atom is -0.247 e. The second-order valence-corrected chi connectivity index (χ2v) is 7.49. The van der Waals surface area contributed by atoms with Crippen molar-refractivity contribution in [1.82, 2.24) is 0 Å². The first-order valence-electron chi connectivity index (χ1n) is 8.15. The van der Waals surface area contributed by atoms with E-state index in [0.717, 1.165) is 31.1 Å². The van der Waals surface area contributed by atoms with E-state index >= 15 is 0 Å². The van der Waals surface area contributed by atoms with Crippen LogP contribution in [0, 0.1) is 11.8 Å². The van der Waals surface area contributed by atoms with Gasteiger partial charge < -0.3 is 0 Å². The first kappa shape index (κ1) is 14.8. The van der Waals surface area contributed by atoms with Gasteiger partial charge in [0, 0.05) is 5.66 Å². The van der Waals surface area contributed by atoms with E-state index in [0.29, 0.717) is 0 Å². The summed E-state index contributed by atoms with van der Waals surface area (Å²) in [5.41, 5.74) is 0.230. The molecule has 4 unspecified atom stereocenters. The predicted octanol–water partition coefficient (Wildman–Crippen LogP) is 5.51. The lowest BCUT2D eigenvalue weighted by molar-refractivity contribution is 0.296. The average Bonchev–Trinajstić information content (AvgIpc) is 2.72. The number of rotatable bonds is 3. The van der Waals surface area contributed by atoms with Crippen LogP contribution in [0.4, 0.5) is 4.39 Å². The summed E-state index contributed by atoms with van der Waals surface area (Å²) in [6.07, 6.45) is 15.3. The van der Waals surface area contributed by atoms with Gasteiger partial charge in [0.25, 0.3) is 0 Å². The standard InChI is InChI=1S/C16H30FP/c17-15-11-9-14(10-12-16(15)18)8-7-13-5-3-1-2-4-6-13/h13-16H,1-12,18H2. The molecule has 0 aliphatic heterocycles. The highest BCUT2D eigenvalue weighted by atomic mass is 31.0. The molecule has 0 saturated heterocycles. The van der Waals surface area contributed by atoms with Gasteiger partial charge in [0.15, 0.2) is 0 Å². The zero-order valence-corrected chi connectivity index (χ0v) is 12.9. The van der Waals surface area contributed by atoms with Crippen molar-refractivity contribution in [2.45, 2.75) is 88.9 Å². The quantitative estimate of drug-likeness (QED) is 0.469. The van der Waals surface area contributed by atoms with Gasteiger partial charge in [0.2, 0.25) is 0 Å². The molecule has 2 fully saturated rings. The van der Waals surface area contributed by atoms with Crippen molar-refractivity contribution in [1.29, 1.82) is 0 Å². The molecule has 2 heteroatoms. The second kappa shape index (κ2) is 7.83. The van der Waals surface area contributed by atoms with Crippen molar-refractivity contribution < 1.29 is 4.39 Å². The number of halogens is 1. The molecule has 2 saturated carbocycles. The largest absolute Gasteiger partial charge is 0.247 e. The molecule has 2 aliphatic rings. The maximum absolute atomic E-state index is 13.6. The van der Waals surface area contributed by atoms with Gasteiger partial charge in [-0.25, -0.2) is 4.39 Å². The molecule has 4 atom stereocenters. The number of hydrogen-bond acceptors (Lipinski definition) is 0. The Hall–Kier alpha value is 0.360. The summed E-state index contributed by atoms with van der Waals surface area (Å²) >= 11 is 0. The maximum atomic E-state index is 13.6. The molecule has 0 aromatic rings. The molecule has 106 valence electrons. The molecule has 0 nitrogen and oxygen atoms in total. The summed E-state index contributed by atoms with van der Waals surface area (Å²) in [5.74, 6) is 1.81. The predicted molar refractivity (Wildman–Crippen MR) is 80.8 cm³/mol. The van der Waals surface area contributed by atoms with Crippen LogP contribution < -0.4 is 0 Å². The molecule has 0 aromatic heterocycles. The van der Waals surface area contributed by atoms with Gasteiger partial charge in [0.05, 0.1) is 0 Å². The monoisotopic (exact) mass is 272 g/mol. The van der Waals surface area contributed by atoms with Gasteiger partial charge >= 0.3 is 0 Å². The highest BCUT2D eigenvalue weighted by molar-refractivity contribution is 7.17. The fourth-order valence-corrected chi connectivity index (χ4v) is 4.16. The van der Waals surface area contributed by atoms with Gasteiger partial charge in [-0.05, 0) is 37.5 Å². The fraction of sp³-hybridized carbons (Fsp3) is 1.00. The SMILES string of the molecule is FC1CCC(CCC2CCCCCC2)CCC1P. The summed E-state index contributed by atoms with van der Waals surface area (Å²) < 4.78 is 13.6. The van der Waals surface area contributed by atoms with Crippen molar-refractivity contribution in [3.63, 3.8) is 0 Å². The summed E-state index contributed by atoms with van der Waals surface area (Å²) in [7, 11) is 2.72. The van der Waals surface area contributed by atoms with E-state index in [-0.39, 0.29) is 5.66 Å². The van der Waals surface area contributed by atoms with Gasteiger partial charge in [0.1, 0.15) is 6.17 Å². The van der Waals surface area contributed by atoms with Crippen molar-refractivity contribution in [2.24, 2.45) is 11.8 Å². The molecule has 18 heavy (non-hydrogen) atoms. The van der Waals surface area contributed by atoms with Crippen molar-refractivity contribution in [3.8, 4) is 0 Å². The zero-order valence-electron chi connectivity index (χ0n) is 11.7. The lowest BCUT2D eigenvalue weighted by Gasteiger charge is -2.19. The van der Waals surface area contributed by atoms with Crippen LogP contribution >= 0.6 is 9.24 Å². The van der Waals surface area contributed by atoms with E-state index in [1.54, 1.807) is 0 Å². The summed E-state index contributed by atoms with van der Waals surface area (Å²) in [6.45, 7) is 0. The van der Waals surface area contributed by atoms with Crippen LogP contribution in [-0.4, -0.2) is 11.8 Å². The lowest BCUT2D eigenvalue weighted by atomic mass is 9.87. The molecule has 0 heterocycles. The van der Waals surface area contributed by atoms with E-state index in [1.807, 2.05) is 0 Å². The van der Waals surface area contributed by atoms with Crippen LogP contribution in [0.3, 0.4) is 0 Å². The Labute approximate surface area is 115 Å². The number of alkyl halides is 1. The van der Waals surface area contributed by atoms with E-state index in [1.165, 1.54) is 57.8 Å². The molecular formula is C16H30FP. The number of hydrogen-bond donors (Lipinski definition) is 0. The fourth-order valence-electron chi connectivity index (χ4n) is 3.78. The molecule has 0 N–H and O–H groups in total. The van der Waals surface area contributed by atoms with E-state index in [2.05, 4.69) is 9.24 Å². The first-order valence-corrected chi connectivity index (χ1v) is 8.82. The lowest BCUT2D eigenvalue weighted by Crippen LogP contribution is -2.12. The van der Waals surface area contributed by atoms with Crippen LogP contribution in [0.5, 0.6) is 0 Å². The smallest absolute Gasteiger partial charge is 0.106 e. The third kappa shape index (κ3) is 4.80. The summed E-state index contributed by atoms with van der Waals surface area (Å²) in [5, 5.41) is 0. The summed E-state index contributed by atoms with van der Waals surface area (Å²) in [6, 6.07) is 0. The molecule has 0 spiro atoms. The van der Waals surface area contributed by atoms with Crippen LogP contribution in [-0.2, 0) is 0 Å². The Morgan fingerprint density at radius 1 is 0.722 bits per heavy atom. The van der Waals surface area contributed by atoms with Crippen LogP contribution in [0.15, 0.2) is 0 Å². The average molecular weight is 272 g/mol. The van der Waals surface area contributed by atoms with Crippen LogP contribution in [0.1, 0.15) is 77.0 Å². The molecule has 2 rings (SSSR count). The second-order valence-electron chi connectivity index (χ2n) is 6.64. The molecule has 0 radical (unpaired) electrons. The molecule has 2 aliphatic carbocycles. The molecule has 0 amide bonds. The maximum Gasteiger partial charge on any atom is 0.106 e.